The topological polar surface area (TPSA) is 110 Å². The summed E-state index contributed by atoms with van der Waals surface area (Å²) >= 11 is 0. The Morgan fingerprint density at radius 1 is 1.48 bits per heavy atom. The summed E-state index contributed by atoms with van der Waals surface area (Å²) in [4.78, 5) is 8.30. The van der Waals surface area contributed by atoms with Crippen molar-refractivity contribution in [2.24, 2.45) is 0 Å². The van der Waals surface area contributed by atoms with E-state index in [1.54, 1.807) is 6.07 Å². The van der Waals surface area contributed by atoms with Gasteiger partial charge in [-0.05, 0) is 6.42 Å². The van der Waals surface area contributed by atoms with Crippen molar-refractivity contribution in [2.75, 3.05) is 50.7 Å². The van der Waals surface area contributed by atoms with Crippen molar-refractivity contribution in [2.45, 2.75) is 12.3 Å². The van der Waals surface area contributed by atoms with Crippen LogP contribution in [0.2, 0.25) is 0 Å². The Bertz CT molecular complexity index is 585. The highest BCUT2D eigenvalue weighted by molar-refractivity contribution is 7.89. The average molecular weight is 315 g/mol. The van der Waals surface area contributed by atoms with Crippen LogP contribution in [0.25, 0.3) is 0 Å². The first-order valence-corrected chi connectivity index (χ1v) is 8.35. The molecule has 1 unspecified atom stereocenters. The van der Waals surface area contributed by atoms with E-state index in [4.69, 9.17) is 10.5 Å². The van der Waals surface area contributed by atoms with Crippen LogP contribution >= 0.6 is 0 Å². The predicted molar refractivity (Wildman–Crippen MR) is 80.6 cm³/mol. The molecule has 1 fully saturated rings. The molecule has 1 aromatic heterocycles. The molecule has 0 aromatic carbocycles. The molecule has 118 valence electrons. The van der Waals surface area contributed by atoms with Crippen LogP contribution < -0.4 is 11.1 Å². The summed E-state index contributed by atoms with van der Waals surface area (Å²) in [6, 6.07) is 1.80. The van der Waals surface area contributed by atoms with Crippen LogP contribution in [0.15, 0.2) is 6.07 Å². The number of nitrogen functional groups attached to an aromatic ring is 1. The maximum Gasteiger partial charge on any atom is 0.222 e. The maximum atomic E-state index is 11.7. The molecule has 1 saturated heterocycles. The van der Waals surface area contributed by atoms with E-state index in [0.717, 1.165) is 18.7 Å². The minimum absolute atomic E-state index is 0.00815. The Morgan fingerprint density at radius 3 is 2.86 bits per heavy atom. The van der Waals surface area contributed by atoms with Crippen LogP contribution in [0, 0.1) is 0 Å². The number of rotatable bonds is 6. The quantitative estimate of drug-likeness (QED) is 0.752. The SMILES string of the molecule is CN(C)S(=O)(=O)CCNc1cc(C2CCOC2)nc(N)n1. The second-order valence-corrected chi connectivity index (χ2v) is 7.42. The Hall–Kier alpha value is -1.45. The number of nitrogens with zero attached hydrogens (tertiary/aromatic N) is 3. The van der Waals surface area contributed by atoms with Gasteiger partial charge in [-0.1, -0.05) is 0 Å². The lowest BCUT2D eigenvalue weighted by molar-refractivity contribution is 0.193. The van der Waals surface area contributed by atoms with Gasteiger partial charge in [0, 0.05) is 39.2 Å². The fourth-order valence-electron chi connectivity index (χ4n) is 2.04. The molecule has 1 aliphatic rings. The Morgan fingerprint density at radius 2 is 2.24 bits per heavy atom. The Labute approximate surface area is 124 Å². The Balaban J connectivity index is 2.00. The maximum absolute atomic E-state index is 11.7. The molecule has 9 heteroatoms. The van der Waals surface area contributed by atoms with Crippen molar-refractivity contribution in [3.63, 3.8) is 0 Å². The van der Waals surface area contributed by atoms with Crippen molar-refractivity contribution in [1.82, 2.24) is 14.3 Å². The molecule has 21 heavy (non-hydrogen) atoms. The number of hydrogen-bond acceptors (Lipinski definition) is 7. The van der Waals surface area contributed by atoms with Crippen LogP contribution in [0.3, 0.4) is 0 Å². The zero-order valence-corrected chi connectivity index (χ0v) is 13.1. The highest BCUT2D eigenvalue weighted by Gasteiger charge is 2.20. The van der Waals surface area contributed by atoms with Gasteiger partial charge in [-0.15, -0.1) is 0 Å². The van der Waals surface area contributed by atoms with Crippen molar-refractivity contribution in [1.29, 1.82) is 0 Å². The van der Waals surface area contributed by atoms with Gasteiger partial charge in [0.25, 0.3) is 0 Å². The summed E-state index contributed by atoms with van der Waals surface area (Å²) in [7, 11) is -0.208. The average Bonchev–Trinajstić information content (AvgIpc) is 2.91. The zero-order chi connectivity index (χ0) is 15.5. The molecule has 8 nitrogen and oxygen atoms in total. The number of nitrogens with one attached hydrogen (secondary N) is 1. The number of hydrogen-bond donors (Lipinski definition) is 2. The van der Waals surface area contributed by atoms with E-state index in [1.807, 2.05) is 0 Å². The lowest BCUT2D eigenvalue weighted by atomic mass is 10.0. The van der Waals surface area contributed by atoms with E-state index in [-0.39, 0.29) is 24.2 Å². The van der Waals surface area contributed by atoms with E-state index in [0.29, 0.717) is 12.4 Å². The molecule has 0 aliphatic carbocycles. The highest BCUT2D eigenvalue weighted by Crippen LogP contribution is 2.25. The number of anilines is 2. The van der Waals surface area contributed by atoms with Gasteiger partial charge in [0.05, 0.1) is 18.1 Å². The lowest BCUT2D eigenvalue weighted by Crippen LogP contribution is -2.28. The molecular weight excluding hydrogens is 294 g/mol. The minimum atomic E-state index is -3.23. The first-order valence-electron chi connectivity index (χ1n) is 6.75. The van der Waals surface area contributed by atoms with Gasteiger partial charge in [0.2, 0.25) is 16.0 Å². The fourth-order valence-corrected chi connectivity index (χ4v) is 2.77. The summed E-state index contributed by atoms with van der Waals surface area (Å²) in [6.45, 7) is 1.61. The van der Waals surface area contributed by atoms with Crippen molar-refractivity contribution in [3.8, 4) is 0 Å². The molecule has 2 rings (SSSR count). The van der Waals surface area contributed by atoms with Crippen LogP contribution in [0.1, 0.15) is 18.0 Å². The molecule has 0 bridgehead atoms. The van der Waals surface area contributed by atoms with Crippen molar-refractivity contribution < 1.29 is 13.2 Å². The predicted octanol–water partition coefficient (Wildman–Crippen LogP) is -0.134. The number of ether oxygens (including phenoxy) is 1. The largest absolute Gasteiger partial charge is 0.381 e. The second kappa shape index (κ2) is 6.54. The van der Waals surface area contributed by atoms with Crippen LogP contribution in [0.5, 0.6) is 0 Å². The molecule has 0 spiro atoms. The van der Waals surface area contributed by atoms with Gasteiger partial charge in [-0.25, -0.2) is 17.7 Å². The molecule has 0 amide bonds. The van der Waals surface area contributed by atoms with Crippen molar-refractivity contribution in [3.05, 3.63) is 11.8 Å². The van der Waals surface area contributed by atoms with Gasteiger partial charge in [0.15, 0.2) is 0 Å². The van der Waals surface area contributed by atoms with Gasteiger partial charge >= 0.3 is 0 Å². The molecule has 1 atom stereocenters. The Kier molecular flexibility index (Phi) is 4.96. The lowest BCUT2D eigenvalue weighted by Gasteiger charge is -2.13. The monoisotopic (exact) mass is 315 g/mol. The van der Waals surface area contributed by atoms with Crippen molar-refractivity contribution >= 4 is 21.8 Å². The third-order valence-corrected chi connectivity index (χ3v) is 5.17. The highest BCUT2D eigenvalue weighted by atomic mass is 32.2. The number of nitrogens with two attached hydrogens (primary N) is 1. The van der Waals surface area contributed by atoms with Gasteiger partial charge in [-0.3, -0.25) is 0 Å². The van der Waals surface area contributed by atoms with Crippen LogP contribution in [-0.2, 0) is 14.8 Å². The van der Waals surface area contributed by atoms with E-state index in [9.17, 15) is 8.42 Å². The number of sulfonamides is 1. The van der Waals surface area contributed by atoms with E-state index in [1.165, 1.54) is 18.4 Å². The molecule has 0 saturated carbocycles. The normalized spacial score (nSPS) is 19.1. The molecule has 1 aromatic rings. The first-order chi connectivity index (χ1) is 9.88. The van der Waals surface area contributed by atoms with E-state index < -0.39 is 10.0 Å². The third-order valence-electron chi connectivity index (χ3n) is 3.33. The van der Waals surface area contributed by atoms with E-state index in [2.05, 4.69) is 15.3 Å². The second-order valence-electron chi connectivity index (χ2n) is 5.12. The summed E-state index contributed by atoms with van der Waals surface area (Å²) in [5, 5.41) is 2.98. The smallest absolute Gasteiger partial charge is 0.222 e. The zero-order valence-electron chi connectivity index (χ0n) is 12.2. The van der Waals surface area contributed by atoms with Crippen LogP contribution in [-0.4, -0.2) is 62.3 Å². The number of aromatic nitrogens is 2. The summed E-state index contributed by atoms with van der Waals surface area (Å²) in [6.07, 6.45) is 0.908. The van der Waals surface area contributed by atoms with Gasteiger partial charge < -0.3 is 15.8 Å². The molecule has 3 N–H and O–H groups in total. The summed E-state index contributed by atoms with van der Waals surface area (Å²) < 4.78 is 29.9. The van der Waals surface area contributed by atoms with Gasteiger partial charge in [0.1, 0.15) is 5.82 Å². The molecule has 0 radical (unpaired) electrons. The molecular formula is C12H21N5O3S. The summed E-state index contributed by atoms with van der Waals surface area (Å²) in [5.41, 5.74) is 6.53. The minimum Gasteiger partial charge on any atom is -0.381 e. The van der Waals surface area contributed by atoms with Gasteiger partial charge in [-0.2, -0.15) is 4.98 Å². The molecule has 1 aliphatic heterocycles. The summed E-state index contributed by atoms with van der Waals surface area (Å²) in [5.74, 6) is 0.934. The van der Waals surface area contributed by atoms with E-state index >= 15 is 0 Å². The third kappa shape index (κ3) is 4.26. The standard InChI is InChI=1S/C12H21N5O3S/c1-17(2)21(18,19)6-4-14-11-7-10(15-12(13)16-11)9-3-5-20-8-9/h7,9H,3-6,8H2,1-2H3,(H3,13,14,15,16). The fraction of sp³-hybridized carbons (Fsp3) is 0.667. The molecule has 2 heterocycles. The van der Waals surface area contributed by atoms with Crippen LogP contribution in [0.4, 0.5) is 11.8 Å². The first kappa shape index (κ1) is 15.9.